The molecule has 2 atom stereocenters. The number of hydrogen-bond acceptors (Lipinski definition) is 4. The third-order valence-electron chi connectivity index (χ3n) is 3.50. The van der Waals surface area contributed by atoms with Gasteiger partial charge in [-0.05, 0) is 19.9 Å². The molecule has 5 nitrogen and oxygen atoms in total. The van der Waals surface area contributed by atoms with Gasteiger partial charge in [0.2, 0.25) is 0 Å². The molecule has 110 valence electrons. The zero-order valence-corrected chi connectivity index (χ0v) is 11.9. The number of aromatic nitrogens is 1. The molecule has 3 rings (SSSR count). The van der Waals surface area contributed by atoms with E-state index in [1.165, 1.54) is 12.1 Å². The van der Waals surface area contributed by atoms with Crippen LogP contribution >= 0.6 is 0 Å². The molecule has 0 saturated carbocycles. The molecule has 1 aliphatic rings. The van der Waals surface area contributed by atoms with Crippen molar-refractivity contribution in [2.45, 2.75) is 32.9 Å². The van der Waals surface area contributed by atoms with Gasteiger partial charge >= 0.3 is 0 Å². The fourth-order valence-corrected chi connectivity index (χ4v) is 2.53. The van der Waals surface area contributed by atoms with Gasteiger partial charge in [0.1, 0.15) is 23.4 Å². The van der Waals surface area contributed by atoms with Gasteiger partial charge in [-0.2, -0.15) is 0 Å². The van der Waals surface area contributed by atoms with Gasteiger partial charge in [-0.15, -0.1) is 0 Å². The number of amides is 1. The standard InChI is InChI=1S/C15H15FN2O3/c1-7-13(11-5-4-10(16)6-12(11)21-7)18-15(19)14-8(2)20-9(3)17-14/h4-7,13H,1-3H3,(H,18,19)/t7-,13+/m0/s1. The molecule has 0 bridgehead atoms. The van der Waals surface area contributed by atoms with Crippen LogP contribution in [0, 0.1) is 19.7 Å². The molecule has 2 aromatic rings. The Morgan fingerprint density at radius 1 is 1.38 bits per heavy atom. The topological polar surface area (TPSA) is 64.4 Å². The molecule has 0 fully saturated rings. The maximum absolute atomic E-state index is 13.2. The van der Waals surface area contributed by atoms with Crippen LogP contribution in [0.2, 0.25) is 0 Å². The second-order valence-corrected chi connectivity index (χ2v) is 5.09. The van der Waals surface area contributed by atoms with Crippen molar-refractivity contribution in [3.05, 3.63) is 46.9 Å². The second-order valence-electron chi connectivity index (χ2n) is 5.09. The molecule has 1 aliphatic heterocycles. The summed E-state index contributed by atoms with van der Waals surface area (Å²) in [7, 11) is 0. The van der Waals surface area contributed by atoms with Gasteiger partial charge in [-0.1, -0.05) is 6.07 Å². The Morgan fingerprint density at radius 2 is 2.14 bits per heavy atom. The smallest absolute Gasteiger partial charge is 0.274 e. The van der Waals surface area contributed by atoms with E-state index in [0.29, 0.717) is 17.4 Å². The van der Waals surface area contributed by atoms with E-state index >= 15 is 0 Å². The van der Waals surface area contributed by atoms with Crippen LogP contribution in [-0.2, 0) is 0 Å². The summed E-state index contributed by atoms with van der Waals surface area (Å²) in [5.74, 6) is 0.672. The molecule has 2 heterocycles. The molecule has 1 amide bonds. The molecule has 0 unspecified atom stereocenters. The quantitative estimate of drug-likeness (QED) is 0.923. The van der Waals surface area contributed by atoms with Crippen LogP contribution in [-0.4, -0.2) is 17.0 Å². The van der Waals surface area contributed by atoms with E-state index in [1.807, 2.05) is 6.92 Å². The van der Waals surface area contributed by atoms with E-state index in [2.05, 4.69) is 10.3 Å². The van der Waals surface area contributed by atoms with Gasteiger partial charge in [0, 0.05) is 18.6 Å². The molecular weight excluding hydrogens is 275 g/mol. The fourth-order valence-electron chi connectivity index (χ4n) is 2.53. The summed E-state index contributed by atoms with van der Waals surface area (Å²) in [5, 5.41) is 2.87. The van der Waals surface area contributed by atoms with Gasteiger partial charge in [0.05, 0.1) is 6.04 Å². The molecule has 0 radical (unpaired) electrons. The summed E-state index contributed by atoms with van der Waals surface area (Å²) < 4.78 is 24.0. The summed E-state index contributed by atoms with van der Waals surface area (Å²) in [6, 6.07) is 3.96. The molecular formula is C15H15FN2O3. The first-order chi connectivity index (χ1) is 9.95. The number of nitrogens with one attached hydrogen (secondary N) is 1. The number of benzene rings is 1. The lowest BCUT2D eigenvalue weighted by atomic mass is 10.0. The van der Waals surface area contributed by atoms with Crippen molar-refractivity contribution in [2.75, 3.05) is 0 Å². The van der Waals surface area contributed by atoms with E-state index in [1.54, 1.807) is 19.9 Å². The second kappa shape index (κ2) is 4.87. The Bertz CT molecular complexity index is 711. The lowest BCUT2D eigenvalue weighted by molar-refractivity contribution is 0.0902. The van der Waals surface area contributed by atoms with Crippen molar-refractivity contribution in [3.8, 4) is 5.75 Å². The predicted octanol–water partition coefficient (Wildman–Crippen LogP) is 2.68. The number of ether oxygens (including phenoxy) is 1. The van der Waals surface area contributed by atoms with Crippen LogP contribution in [0.3, 0.4) is 0 Å². The van der Waals surface area contributed by atoms with E-state index in [0.717, 1.165) is 5.56 Å². The maximum Gasteiger partial charge on any atom is 0.274 e. The number of hydrogen-bond donors (Lipinski definition) is 1. The third kappa shape index (κ3) is 2.37. The highest BCUT2D eigenvalue weighted by atomic mass is 19.1. The normalized spacial score (nSPS) is 20.0. The van der Waals surface area contributed by atoms with Gasteiger partial charge < -0.3 is 14.5 Å². The number of carbonyl (C=O) groups excluding carboxylic acids is 1. The van der Waals surface area contributed by atoms with Gasteiger partial charge in [0.25, 0.3) is 5.91 Å². The monoisotopic (exact) mass is 290 g/mol. The van der Waals surface area contributed by atoms with Crippen LogP contribution in [0.5, 0.6) is 5.75 Å². The predicted molar refractivity (Wildman–Crippen MR) is 72.7 cm³/mol. The zero-order valence-electron chi connectivity index (χ0n) is 11.9. The number of halogens is 1. The Morgan fingerprint density at radius 3 is 2.81 bits per heavy atom. The first-order valence-electron chi connectivity index (χ1n) is 6.66. The van der Waals surface area contributed by atoms with Crippen molar-refractivity contribution in [3.63, 3.8) is 0 Å². The zero-order chi connectivity index (χ0) is 15.1. The van der Waals surface area contributed by atoms with Crippen LogP contribution < -0.4 is 10.1 Å². The third-order valence-corrected chi connectivity index (χ3v) is 3.50. The lowest BCUT2D eigenvalue weighted by Gasteiger charge is -2.16. The largest absolute Gasteiger partial charge is 0.488 e. The number of rotatable bonds is 2. The summed E-state index contributed by atoms with van der Waals surface area (Å²) >= 11 is 0. The van der Waals surface area contributed by atoms with E-state index in [-0.39, 0.29) is 29.6 Å². The summed E-state index contributed by atoms with van der Waals surface area (Å²) in [4.78, 5) is 16.4. The molecule has 1 aromatic carbocycles. The molecule has 0 saturated heterocycles. The minimum absolute atomic E-state index is 0.260. The van der Waals surface area contributed by atoms with E-state index < -0.39 is 0 Å². The van der Waals surface area contributed by atoms with Gasteiger partial charge in [-0.3, -0.25) is 4.79 Å². The highest BCUT2D eigenvalue weighted by molar-refractivity contribution is 5.93. The first kappa shape index (κ1) is 13.6. The number of oxazole rings is 1. The van der Waals surface area contributed by atoms with Crippen molar-refractivity contribution >= 4 is 5.91 Å². The van der Waals surface area contributed by atoms with Crippen LogP contribution in [0.25, 0.3) is 0 Å². The average molecular weight is 290 g/mol. The molecule has 6 heteroatoms. The van der Waals surface area contributed by atoms with Crippen molar-refractivity contribution < 1.29 is 18.3 Å². The Hall–Kier alpha value is -2.37. The highest BCUT2D eigenvalue weighted by Crippen LogP contribution is 2.37. The first-order valence-corrected chi connectivity index (χ1v) is 6.66. The van der Waals surface area contributed by atoms with Crippen molar-refractivity contribution in [1.29, 1.82) is 0 Å². The maximum atomic E-state index is 13.2. The Balaban J connectivity index is 1.86. The Kier molecular flexibility index (Phi) is 3.16. The molecule has 0 spiro atoms. The lowest BCUT2D eigenvalue weighted by Crippen LogP contribution is -2.34. The SMILES string of the molecule is Cc1nc(C(=O)N[C@H]2c3ccc(F)cc3O[C@H]2C)c(C)o1. The number of nitrogens with zero attached hydrogens (tertiary/aromatic N) is 1. The van der Waals surface area contributed by atoms with Gasteiger partial charge in [-0.25, -0.2) is 9.37 Å². The molecule has 1 N–H and O–H groups in total. The number of fused-ring (bicyclic) bond motifs is 1. The van der Waals surface area contributed by atoms with Gasteiger partial charge in [0.15, 0.2) is 11.6 Å². The minimum Gasteiger partial charge on any atom is -0.488 e. The van der Waals surface area contributed by atoms with Crippen molar-refractivity contribution in [2.24, 2.45) is 0 Å². The van der Waals surface area contributed by atoms with Crippen LogP contribution in [0.15, 0.2) is 22.6 Å². The number of aryl methyl sites for hydroxylation is 2. The van der Waals surface area contributed by atoms with Crippen LogP contribution in [0.4, 0.5) is 4.39 Å². The van der Waals surface area contributed by atoms with E-state index in [9.17, 15) is 9.18 Å². The Labute approximate surface area is 121 Å². The van der Waals surface area contributed by atoms with E-state index in [4.69, 9.17) is 9.15 Å². The molecule has 0 aliphatic carbocycles. The summed E-state index contributed by atoms with van der Waals surface area (Å²) in [5.41, 5.74) is 1.02. The summed E-state index contributed by atoms with van der Waals surface area (Å²) in [6.45, 7) is 5.19. The number of carbonyl (C=O) groups is 1. The minimum atomic E-state index is -0.365. The fraction of sp³-hybridized carbons (Fsp3) is 0.333. The molecule has 1 aromatic heterocycles. The highest BCUT2D eigenvalue weighted by Gasteiger charge is 2.33. The summed E-state index contributed by atoms with van der Waals surface area (Å²) in [6.07, 6.45) is -0.279. The average Bonchev–Trinajstić information content (AvgIpc) is 2.89. The van der Waals surface area contributed by atoms with Crippen LogP contribution in [0.1, 0.15) is 40.7 Å². The molecule has 21 heavy (non-hydrogen) atoms. The van der Waals surface area contributed by atoms with Crippen molar-refractivity contribution in [1.82, 2.24) is 10.3 Å².